The molecule has 0 aliphatic rings. The van der Waals surface area contributed by atoms with Crippen LogP contribution in [0.15, 0.2) is 10.7 Å². The number of amides is 1. The maximum atomic E-state index is 12.3. The van der Waals surface area contributed by atoms with E-state index in [0.717, 1.165) is 0 Å². The summed E-state index contributed by atoms with van der Waals surface area (Å²) >= 11 is 0. The Morgan fingerprint density at radius 1 is 1.37 bits per heavy atom. The molecule has 0 aliphatic carbocycles. The number of rotatable bonds is 7. The zero-order valence-corrected chi connectivity index (χ0v) is 11.3. The molecule has 0 aliphatic heterocycles. The molecule has 1 heterocycles. The van der Waals surface area contributed by atoms with Crippen LogP contribution in [0.3, 0.4) is 0 Å². The monoisotopic (exact) mass is 270 g/mol. The van der Waals surface area contributed by atoms with Crippen LogP contribution in [0.2, 0.25) is 0 Å². The lowest BCUT2D eigenvalue weighted by molar-refractivity contribution is -0.140. The van der Waals surface area contributed by atoms with E-state index in [4.69, 9.17) is 9.26 Å². The highest BCUT2D eigenvalue weighted by Gasteiger charge is 2.20. The predicted octanol–water partition coefficient (Wildman–Crippen LogP) is 0.635. The summed E-state index contributed by atoms with van der Waals surface area (Å²) < 4.78 is 14.4. The molecule has 0 saturated carbocycles. The van der Waals surface area contributed by atoms with E-state index in [0.29, 0.717) is 24.5 Å². The van der Waals surface area contributed by atoms with Gasteiger partial charge in [0.1, 0.15) is 11.3 Å². The van der Waals surface area contributed by atoms with Crippen molar-refractivity contribution in [3.8, 4) is 0 Å². The number of esters is 1. The van der Waals surface area contributed by atoms with Crippen molar-refractivity contribution >= 4 is 11.9 Å². The Labute approximate surface area is 111 Å². The van der Waals surface area contributed by atoms with Gasteiger partial charge in [0, 0.05) is 20.2 Å². The number of aryl methyl sites for hydroxylation is 1. The molecule has 1 rings (SSSR count). The molecule has 7 nitrogen and oxygen atoms in total. The number of aromatic nitrogens is 1. The normalized spacial score (nSPS) is 10.3. The lowest BCUT2D eigenvalue weighted by Gasteiger charge is -2.21. The first-order valence-electron chi connectivity index (χ1n) is 5.86. The van der Waals surface area contributed by atoms with Crippen molar-refractivity contribution in [2.75, 3.05) is 33.9 Å². The molecular weight excluding hydrogens is 252 g/mol. The number of methoxy groups -OCH3 is 2. The Balaban J connectivity index is 2.70. The number of nitrogens with zero attached hydrogens (tertiary/aromatic N) is 2. The summed E-state index contributed by atoms with van der Waals surface area (Å²) in [5.74, 6) is -0.151. The molecule has 106 valence electrons. The van der Waals surface area contributed by atoms with Gasteiger partial charge < -0.3 is 18.9 Å². The maximum Gasteiger partial charge on any atom is 0.307 e. The largest absolute Gasteiger partial charge is 0.469 e. The highest BCUT2D eigenvalue weighted by molar-refractivity contribution is 5.95. The highest BCUT2D eigenvalue weighted by atomic mass is 16.5. The van der Waals surface area contributed by atoms with Crippen molar-refractivity contribution in [1.82, 2.24) is 10.1 Å². The van der Waals surface area contributed by atoms with Gasteiger partial charge in [-0.1, -0.05) is 5.16 Å². The maximum absolute atomic E-state index is 12.3. The van der Waals surface area contributed by atoms with E-state index in [2.05, 4.69) is 9.89 Å². The quantitative estimate of drug-likeness (QED) is 0.676. The summed E-state index contributed by atoms with van der Waals surface area (Å²) in [5.41, 5.74) is 0.390. The molecule has 0 radical (unpaired) electrons. The van der Waals surface area contributed by atoms with Crippen LogP contribution in [0, 0.1) is 6.92 Å². The minimum Gasteiger partial charge on any atom is -0.469 e. The van der Waals surface area contributed by atoms with Gasteiger partial charge in [0.05, 0.1) is 26.3 Å². The number of hydrogen-bond acceptors (Lipinski definition) is 6. The summed E-state index contributed by atoms with van der Waals surface area (Å²) in [6.45, 7) is 2.70. The third kappa shape index (κ3) is 4.36. The average molecular weight is 270 g/mol. The lowest BCUT2D eigenvalue weighted by atomic mass is 10.2. The molecule has 0 saturated heterocycles. The predicted molar refractivity (Wildman–Crippen MR) is 65.7 cm³/mol. The van der Waals surface area contributed by atoms with Crippen LogP contribution in [0.1, 0.15) is 22.5 Å². The van der Waals surface area contributed by atoms with Crippen LogP contribution >= 0.6 is 0 Å². The number of carbonyl (C=O) groups excluding carboxylic acids is 2. The Hall–Kier alpha value is -1.89. The van der Waals surface area contributed by atoms with Gasteiger partial charge in [-0.05, 0) is 6.92 Å². The Morgan fingerprint density at radius 3 is 2.63 bits per heavy atom. The molecule has 7 heteroatoms. The molecule has 0 spiro atoms. The molecule has 1 amide bonds. The van der Waals surface area contributed by atoms with Crippen LogP contribution in [-0.2, 0) is 14.3 Å². The SMILES string of the molecule is COCCN(CCC(=O)OC)C(=O)c1cnoc1C. The molecule has 0 atom stereocenters. The Kier molecular flexibility index (Phi) is 6.01. The zero-order valence-electron chi connectivity index (χ0n) is 11.3. The smallest absolute Gasteiger partial charge is 0.307 e. The summed E-state index contributed by atoms with van der Waals surface area (Å²) in [6.07, 6.45) is 1.51. The van der Waals surface area contributed by atoms with E-state index in [1.807, 2.05) is 0 Å². The third-order valence-corrected chi connectivity index (χ3v) is 2.65. The fourth-order valence-corrected chi connectivity index (χ4v) is 1.52. The van der Waals surface area contributed by atoms with E-state index in [1.165, 1.54) is 18.2 Å². The van der Waals surface area contributed by atoms with E-state index < -0.39 is 0 Å². The van der Waals surface area contributed by atoms with E-state index >= 15 is 0 Å². The van der Waals surface area contributed by atoms with Crippen molar-refractivity contribution in [3.63, 3.8) is 0 Å². The van der Waals surface area contributed by atoms with Crippen molar-refractivity contribution in [3.05, 3.63) is 17.5 Å². The second kappa shape index (κ2) is 7.52. The first-order chi connectivity index (χ1) is 9.10. The lowest BCUT2D eigenvalue weighted by Crippen LogP contribution is -2.36. The van der Waals surface area contributed by atoms with Crippen LogP contribution in [0.25, 0.3) is 0 Å². The summed E-state index contributed by atoms with van der Waals surface area (Å²) in [5, 5.41) is 3.57. The Bertz CT molecular complexity index is 430. The Morgan fingerprint density at radius 2 is 2.11 bits per heavy atom. The average Bonchev–Trinajstić information content (AvgIpc) is 2.84. The van der Waals surface area contributed by atoms with Crippen LogP contribution in [0.4, 0.5) is 0 Å². The molecular formula is C12H18N2O5. The molecule has 0 fully saturated rings. The first kappa shape index (κ1) is 15.2. The number of ether oxygens (including phenoxy) is 2. The highest BCUT2D eigenvalue weighted by Crippen LogP contribution is 2.10. The molecule has 1 aromatic heterocycles. The second-order valence-corrected chi connectivity index (χ2v) is 3.91. The van der Waals surface area contributed by atoms with Crippen molar-refractivity contribution < 1.29 is 23.6 Å². The standard InChI is InChI=1S/C12H18N2O5/c1-9-10(8-13-19-9)12(16)14(6-7-17-2)5-4-11(15)18-3/h8H,4-7H2,1-3H3. The minimum absolute atomic E-state index is 0.135. The fourth-order valence-electron chi connectivity index (χ4n) is 1.52. The van der Waals surface area contributed by atoms with Crippen molar-refractivity contribution in [1.29, 1.82) is 0 Å². The molecule has 19 heavy (non-hydrogen) atoms. The summed E-state index contributed by atoms with van der Waals surface area (Å²) in [6, 6.07) is 0. The van der Waals surface area contributed by atoms with Gasteiger partial charge in [-0.25, -0.2) is 0 Å². The van der Waals surface area contributed by atoms with Gasteiger partial charge in [0.25, 0.3) is 5.91 Å². The molecule has 0 N–H and O–H groups in total. The van der Waals surface area contributed by atoms with Crippen molar-refractivity contribution in [2.45, 2.75) is 13.3 Å². The van der Waals surface area contributed by atoms with E-state index in [-0.39, 0.29) is 24.8 Å². The van der Waals surface area contributed by atoms with Gasteiger partial charge in [-0.3, -0.25) is 9.59 Å². The van der Waals surface area contributed by atoms with Crippen LogP contribution in [-0.4, -0.2) is 55.8 Å². The minimum atomic E-state index is -0.364. The van der Waals surface area contributed by atoms with Crippen LogP contribution in [0.5, 0.6) is 0 Å². The summed E-state index contributed by atoms with van der Waals surface area (Å²) in [7, 11) is 2.86. The van der Waals surface area contributed by atoms with Gasteiger partial charge in [0.15, 0.2) is 0 Å². The van der Waals surface area contributed by atoms with Gasteiger partial charge in [0.2, 0.25) is 0 Å². The fraction of sp³-hybridized carbons (Fsp3) is 0.583. The van der Waals surface area contributed by atoms with E-state index in [9.17, 15) is 9.59 Å². The van der Waals surface area contributed by atoms with Gasteiger partial charge >= 0.3 is 5.97 Å². The zero-order chi connectivity index (χ0) is 14.3. The first-order valence-corrected chi connectivity index (χ1v) is 5.86. The third-order valence-electron chi connectivity index (χ3n) is 2.65. The number of carbonyl (C=O) groups is 2. The molecule has 0 aromatic carbocycles. The summed E-state index contributed by atoms with van der Waals surface area (Å²) in [4.78, 5) is 24.9. The second-order valence-electron chi connectivity index (χ2n) is 3.91. The van der Waals surface area contributed by atoms with Gasteiger partial charge in [-0.15, -0.1) is 0 Å². The van der Waals surface area contributed by atoms with Crippen molar-refractivity contribution in [2.24, 2.45) is 0 Å². The van der Waals surface area contributed by atoms with E-state index in [1.54, 1.807) is 14.0 Å². The van der Waals surface area contributed by atoms with Gasteiger partial charge in [-0.2, -0.15) is 0 Å². The number of hydrogen-bond donors (Lipinski definition) is 0. The molecule has 1 aromatic rings. The topological polar surface area (TPSA) is 81.9 Å². The molecule has 0 bridgehead atoms. The molecule has 0 unspecified atom stereocenters. The van der Waals surface area contributed by atoms with Crippen LogP contribution < -0.4 is 0 Å².